The zero-order valence-corrected chi connectivity index (χ0v) is 17.4. The standard InChI is InChI=1S/C20H23F5N4O3/c1-18(2,31)19(21,22)17(30)28-9-5-6-14(11-28)32-12-13-10-29(27-26-13)16-8-4-3-7-15(16)20(23,24)25/h3-4,7-8,10,14,31H,5-6,9,11-12H2,1-2H3. The Morgan fingerprint density at radius 1 is 1.22 bits per heavy atom. The Morgan fingerprint density at radius 2 is 1.91 bits per heavy atom. The molecule has 32 heavy (non-hydrogen) atoms. The van der Waals surface area contributed by atoms with Crippen LogP contribution in [-0.2, 0) is 22.3 Å². The van der Waals surface area contributed by atoms with Gasteiger partial charge in [0.25, 0.3) is 5.91 Å². The first-order valence-electron chi connectivity index (χ1n) is 9.89. The van der Waals surface area contributed by atoms with Gasteiger partial charge in [0.1, 0.15) is 11.3 Å². The fourth-order valence-electron chi connectivity index (χ4n) is 3.32. The smallest absolute Gasteiger partial charge is 0.384 e. The molecule has 12 heteroatoms. The molecular weight excluding hydrogens is 439 g/mol. The third-order valence-electron chi connectivity index (χ3n) is 5.17. The summed E-state index contributed by atoms with van der Waals surface area (Å²) in [6.07, 6.45) is -2.92. The van der Waals surface area contributed by atoms with Gasteiger partial charge in [0.05, 0.1) is 30.2 Å². The minimum atomic E-state index is -4.57. The number of nitrogens with zero attached hydrogens (tertiary/aromatic N) is 4. The monoisotopic (exact) mass is 462 g/mol. The van der Waals surface area contributed by atoms with E-state index >= 15 is 0 Å². The average molecular weight is 462 g/mol. The van der Waals surface area contributed by atoms with Crippen LogP contribution < -0.4 is 0 Å². The molecule has 1 unspecified atom stereocenters. The lowest BCUT2D eigenvalue weighted by Gasteiger charge is -2.37. The maximum absolute atomic E-state index is 14.2. The fraction of sp³-hybridized carbons (Fsp3) is 0.550. The van der Waals surface area contributed by atoms with Gasteiger partial charge in [0.15, 0.2) is 0 Å². The Morgan fingerprint density at radius 3 is 2.56 bits per heavy atom. The molecule has 1 N–H and O–H groups in total. The van der Waals surface area contributed by atoms with Crippen LogP contribution in [0.1, 0.15) is 37.9 Å². The van der Waals surface area contributed by atoms with Gasteiger partial charge in [-0.1, -0.05) is 17.3 Å². The number of hydrogen-bond acceptors (Lipinski definition) is 5. The highest BCUT2D eigenvalue weighted by atomic mass is 19.4. The van der Waals surface area contributed by atoms with Gasteiger partial charge in [0, 0.05) is 13.1 Å². The second-order valence-electron chi connectivity index (χ2n) is 8.13. The summed E-state index contributed by atoms with van der Waals surface area (Å²) in [4.78, 5) is 13.1. The molecule has 0 saturated carbocycles. The molecule has 0 bridgehead atoms. The molecule has 7 nitrogen and oxygen atoms in total. The molecule has 1 amide bonds. The largest absolute Gasteiger partial charge is 0.418 e. The lowest BCUT2D eigenvalue weighted by atomic mass is 9.98. The Bertz CT molecular complexity index is 955. The molecule has 1 atom stereocenters. The molecule has 0 radical (unpaired) electrons. The SMILES string of the molecule is CC(C)(O)C(F)(F)C(=O)N1CCCC(OCc2cn(-c3ccccc3C(F)(F)F)nn2)C1. The number of carbonyl (C=O) groups is 1. The van der Waals surface area contributed by atoms with Crippen LogP contribution in [-0.4, -0.2) is 61.6 Å². The number of rotatable bonds is 6. The third-order valence-corrected chi connectivity index (χ3v) is 5.17. The summed E-state index contributed by atoms with van der Waals surface area (Å²) < 4.78 is 74.6. The maximum Gasteiger partial charge on any atom is 0.418 e. The number of aromatic nitrogens is 3. The number of para-hydroxylation sites is 1. The van der Waals surface area contributed by atoms with Crippen molar-refractivity contribution in [2.45, 2.75) is 57.1 Å². The van der Waals surface area contributed by atoms with E-state index in [4.69, 9.17) is 4.74 Å². The van der Waals surface area contributed by atoms with E-state index in [1.807, 2.05) is 0 Å². The number of aliphatic hydroxyl groups is 1. The van der Waals surface area contributed by atoms with Crippen molar-refractivity contribution in [2.75, 3.05) is 13.1 Å². The number of alkyl halides is 5. The summed E-state index contributed by atoms with van der Waals surface area (Å²) in [7, 11) is 0. The van der Waals surface area contributed by atoms with Crippen LogP contribution in [0, 0.1) is 0 Å². The van der Waals surface area contributed by atoms with Crippen molar-refractivity contribution in [1.82, 2.24) is 19.9 Å². The lowest BCUT2D eigenvalue weighted by Crippen LogP contribution is -2.57. The number of amides is 1. The van der Waals surface area contributed by atoms with E-state index in [0.29, 0.717) is 12.8 Å². The summed E-state index contributed by atoms with van der Waals surface area (Å²) in [5.41, 5.74) is -3.33. The summed E-state index contributed by atoms with van der Waals surface area (Å²) >= 11 is 0. The zero-order valence-electron chi connectivity index (χ0n) is 17.4. The maximum atomic E-state index is 14.2. The van der Waals surface area contributed by atoms with Crippen molar-refractivity contribution in [3.05, 3.63) is 41.7 Å². The fourth-order valence-corrected chi connectivity index (χ4v) is 3.32. The Hall–Kier alpha value is -2.60. The van der Waals surface area contributed by atoms with Gasteiger partial charge in [-0.05, 0) is 38.8 Å². The van der Waals surface area contributed by atoms with Gasteiger partial charge >= 0.3 is 12.1 Å². The first-order valence-corrected chi connectivity index (χ1v) is 9.89. The summed E-state index contributed by atoms with van der Waals surface area (Å²) in [6, 6.07) is 4.91. The summed E-state index contributed by atoms with van der Waals surface area (Å²) in [6.45, 7) is 1.61. The van der Waals surface area contributed by atoms with E-state index < -0.39 is 35.3 Å². The molecule has 1 saturated heterocycles. The first kappa shape index (κ1) is 24.1. The lowest BCUT2D eigenvalue weighted by molar-refractivity contribution is -0.195. The molecule has 176 valence electrons. The summed E-state index contributed by atoms with van der Waals surface area (Å²) in [5, 5.41) is 17.1. The van der Waals surface area contributed by atoms with Crippen LogP contribution in [0.15, 0.2) is 30.5 Å². The molecule has 2 heterocycles. The van der Waals surface area contributed by atoms with E-state index in [9.17, 15) is 31.9 Å². The van der Waals surface area contributed by atoms with Gasteiger partial charge in [-0.3, -0.25) is 4.79 Å². The second-order valence-corrected chi connectivity index (χ2v) is 8.13. The van der Waals surface area contributed by atoms with Crippen LogP contribution in [0.4, 0.5) is 22.0 Å². The van der Waals surface area contributed by atoms with Crippen LogP contribution >= 0.6 is 0 Å². The predicted octanol–water partition coefficient (Wildman–Crippen LogP) is 3.20. The number of hydrogen-bond donors (Lipinski definition) is 1. The second kappa shape index (κ2) is 8.74. The van der Waals surface area contributed by atoms with Crippen molar-refractivity contribution in [1.29, 1.82) is 0 Å². The van der Waals surface area contributed by atoms with Crippen molar-refractivity contribution in [3.8, 4) is 5.69 Å². The quantitative estimate of drug-likeness (QED) is 0.667. The zero-order chi connectivity index (χ0) is 23.7. The molecule has 0 aliphatic carbocycles. The molecule has 1 aliphatic heterocycles. The molecule has 3 rings (SSSR count). The molecule has 1 aromatic carbocycles. The van der Waals surface area contributed by atoms with Gasteiger partial charge in [-0.15, -0.1) is 5.10 Å². The summed E-state index contributed by atoms with van der Waals surface area (Å²) in [5.74, 6) is -5.43. The first-order chi connectivity index (χ1) is 14.8. The van der Waals surface area contributed by atoms with Crippen molar-refractivity contribution < 1.29 is 36.6 Å². The molecular formula is C20H23F5N4O3. The minimum Gasteiger partial charge on any atom is -0.384 e. The molecule has 2 aromatic rings. The molecule has 1 aliphatic rings. The van der Waals surface area contributed by atoms with E-state index in [1.54, 1.807) is 0 Å². The normalized spacial score (nSPS) is 18.1. The number of carbonyl (C=O) groups excluding carboxylic acids is 1. The van der Waals surface area contributed by atoms with Gasteiger partial charge in [-0.25, -0.2) is 4.68 Å². The highest BCUT2D eigenvalue weighted by Gasteiger charge is 2.54. The number of likely N-dealkylation sites (tertiary alicyclic amines) is 1. The molecule has 0 spiro atoms. The minimum absolute atomic E-state index is 0.102. The van der Waals surface area contributed by atoms with E-state index in [-0.39, 0.29) is 31.1 Å². The molecule has 1 aromatic heterocycles. The van der Waals surface area contributed by atoms with Crippen LogP contribution in [0.2, 0.25) is 0 Å². The Labute approximate surface area is 180 Å². The van der Waals surface area contributed by atoms with Crippen LogP contribution in [0.3, 0.4) is 0 Å². The average Bonchev–Trinajstić information content (AvgIpc) is 3.19. The van der Waals surface area contributed by atoms with Gasteiger partial charge in [-0.2, -0.15) is 22.0 Å². The van der Waals surface area contributed by atoms with Gasteiger partial charge in [0.2, 0.25) is 0 Å². The highest BCUT2D eigenvalue weighted by Crippen LogP contribution is 2.34. The van der Waals surface area contributed by atoms with Gasteiger partial charge < -0.3 is 14.7 Å². The number of ether oxygens (including phenoxy) is 1. The number of halogens is 5. The predicted molar refractivity (Wildman–Crippen MR) is 102 cm³/mol. The number of benzene rings is 1. The van der Waals surface area contributed by atoms with Crippen LogP contribution in [0.5, 0.6) is 0 Å². The van der Waals surface area contributed by atoms with E-state index in [2.05, 4.69) is 10.3 Å². The van der Waals surface area contributed by atoms with E-state index in [1.165, 1.54) is 24.4 Å². The van der Waals surface area contributed by atoms with Crippen LogP contribution in [0.25, 0.3) is 5.69 Å². The Kier molecular flexibility index (Phi) is 6.57. The number of piperidine rings is 1. The topological polar surface area (TPSA) is 80.5 Å². The Balaban J connectivity index is 1.64. The highest BCUT2D eigenvalue weighted by molar-refractivity contribution is 5.85. The van der Waals surface area contributed by atoms with Crippen molar-refractivity contribution in [2.24, 2.45) is 0 Å². The third kappa shape index (κ3) is 5.07. The van der Waals surface area contributed by atoms with Crippen molar-refractivity contribution in [3.63, 3.8) is 0 Å². The van der Waals surface area contributed by atoms with E-state index in [0.717, 1.165) is 29.5 Å². The molecule has 1 fully saturated rings. The van der Waals surface area contributed by atoms with Crippen molar-refractivity contribution >= 4 is 5.91 Å².